The Morgan fingerprint density at radius 3 is 2.58 bits per heavy atom. The van der Waals surface area contributed by atoms with Crippen LogP contribution in [0.1, 0.15) is 45.4 Å². The van der Waals surface area contributed by atoms with Crippen LogP contribution in [0.5, 0.6) is 0 Å². The lowest BCUT2D eigenvalue weighted by Gasteiger charge is -2.23. The Labute approximate surface area is 156 Å². The van der Waals surface area contributed by atoms with Gasteiger partial charge >= 0.3 is 0 Å². The highest BCUT2D eigenvalue weighted by atomic mass is 32.1. The van der Waals surface area contributed by atoms with Gasteiger partial charge < -0.3 is 4.90 Å². The monoisotopic (exact) mass is 371 g/mol. The molecule has 0 radical (unpaired) electrons. The molecule has 6 nitrogen and oxygen atoms in total. The summed E-state index contributed by atoms with van der Waals surface area (Å²) in [5, 5.41) is 1.84. The lowest BCUT2D eigenvalue weighted by molar-refractivity contribution is -0.125. The Morgan fingerprint density at radius 2 is 1.92 bits per heavy atom. The van der Waals surface area contributed by atoms with Crippen LogP contribution in [0.4, 0.5) is 0 Å². The van der Waals surface area contributed by atoms with Crippen molar-refractivity contribution in [1.82, 2.24) is 15.8 Å². The number of benzene rings is 1. The van der Waals surface area contributed by atoms with Gasteiger partial charge in [0, 0.05) is 12.1 Å². The number of hydrazine groups is 1. The SMILES string of the molecule is CCc1ccc(C(=O)NNC(=O)C2CCCN2C(=O)c2cccs2)cc1. The number of likely N-dealkylation sites (tertiary alicyclic amines) is 1. The van der Waals surface area contributed by atoms with Gasteiger partial charge in [0.05, 0.1) is 4.88 Å². The van der Waals surface area contributed by atoms with Crippen molar-refractivity contribution in [2.24, 2.45) is 0 Å². The van der Waals surface area contributed by atoms with Crippen molar-refractivity contribution in [2.45, 2.75) is 32.2 Å². The molecular weight excluding hydrogens is 350 g/mol. The van der Waals surface area contributed by atoms with Crippen LogP contribution in [0.15, 0.2) is 41.8 Å². The fourth-order valence-electron chi connectivity index (χ4n) is 2.99. The first kappa shape index (κ1) is 18.1. The van der Waals surface area contributed by atoms with E-state index in [-0.39, 0.29) is 17.7 Å². The Bertz CT molecular complexity index is 787. The fraction of sp³-hybridized carbons (Fsp3) is 0.316. The molecule has 136 valence electrons. The zero-order valence-corrected chi connectivity index (χ0v) is 15.3. The summed E-state index contributed by atoms with van der Waals surface area (Å²) < 4.78 is 0. The average molecular weight is 371 g/mol. The first-order valence-corrected chi connectivity index (χ1v) is 9.51. The van der Waals surface area contributed by atoms with E-state index in [1.807, 2.05) is 30.5 Å². The minimum atomic E-state index is -0.563. The molecule has 2 heterocycles. The zero-order chi connectivity index (χ0) is 18.5. The molecule has 1 unspecified atom stereocenters. The predicted molar refractivity (Wildman–Crippen MR) is 99.8 cm³/mol. The van der Waals surface area contributed by atoms with Crippen LogP contribution >= 0.6 is 11.3 Å². The number of hydrogen-bond acceptors (Lipinski definition) is 4. The first-order chi connectivity index (χ1) is 12.6. The molecule has 3 amide bonds. The molecule has 1 aromatic heterocycles. The van der Waals surface area contributed by atoms with Gasteiger partial charge in [0.1, 0.15) is 6.04 Å². The molecule has 0 aliphatic carbocycles. The van der Waals surface area contributed by atoms with Gasteiger partial charge in [-0.1, -0.05) is 25.1 Å². The molecule has 1 aliphatic heterocycles. The van der Waals surface area contributed by atoms with E-state index in [1.165, 1.54) is 11.3 Å². The van der Waals surface area contributed by atoms with Gasteiger partial charge in [-0.25, -0.2) is 0 Å². The maximum Gasteiger partial charge on any atom is 0.269 e. The molecule has 2 N–H and O–H groups in total. The summed E-state index contributed by atoms with van der Waals surface area (Å²) in [6.45, 7) is 2.58. The Kier molecular flexibility index (Phi) is 5.68. The van der Waals surface area contributed by atoms with E-state index >= 15 is 0 Å². The van der Waals surface area contributed by atoms with E-state index in [1.54, 1.807) is 23.1 Å². The molecule has 2 aromatic rings. The van der Waals surface area contributed by atoms with E-state index in [9.17, 15) is 14.4 Å². The number of nitrogens with zero attached hydrogens (tertiary/aromatic N) is 1. The second-order valence-corrected chi connectivity index (χ2v) is 7.08. The summed E-state index contributed by atoms with van der Waals surface area (Å²) in [4.78, 5) is 39.3. The van der Waals surface area contributed by atoms with Crippen molar-refractivity contribution >= 4 is 29.1 Å². The third-order valence-electron chi connectivity index (χ3n) is 4.47. The fourth-order valence-corrected chi connectivity index (χ4v) is 3.67. The third-order valence-corrected chi connectivity index (χ3v) is 5.33. The van der Waals surface area contributed by atoms with Crippen LogP contribution < -0.4 is 10.9 Å². The lowest BCUT2D eigenvalue weighted by Crippen LogP contribution is -2.51. The number of hydrogen-bond donors (Lipinski definition) is 2. The van der Waals surface area contributed by atoms with Crippen molar-refractivity contribution in [2.75, 3.05) is 6.54 Å². The van der Waals surface area contributed by atoms with Gasteiger partial charge in [-0.2, -0.15) is 0 Å². The van der Waals surface area contributed by atoms with Crippen LogP contribution in [0.25, 0.3) is 0 Å². The smallest absolute Gasteiger partial charge is 0.269 e. The zero-order valence-electron chi connectivity index (χ0n) is 14.5. The van der Waals surface area contributed by atoms with Gasteiger partial charge in [0.25, 0.3) is 17.7 Å². The molecule has 0 spiro atoms. The van der Waals surface area contributed by atoms with Crippen LogP contribution in [0.3, 0.4) is 0 Å². The highest BCUT2D eigenvalue weighted by Crippen LogP contribution is 2.22. The summed E-state index contributed by atoms with van der Waals surface area (Å²) in [5.41, 5.74) is 6.50. The maximum absolute atomic E-state index is 12.5. The summed E-state index contributed by atoms with van der Waals surface area (Å²) in [6.07, 6.45) is 2.25. The van der Waals surface area contributed by atoms with Crippen LogP contribution in [0, 0.1) is 0 Å². The highest BCUT2D eigenvalue weighted by Gasteiger charge is 2.35. The van der Waals surface area contributed by atoms with Gasteiger partial charge in [0.2, 0.25) is 0 Å². The number of aryl methyl sites for hydroxylation is 1. The second-order valence-electron chi connectivity index (χ2n) is 6.13. The quantitative estimate of drug-likeness (QED) is 0.810. The average Bonchev–Trinajstić information content (AvgIpc) is 3.37. The summed E-state index contributed by atoms with van der Waals surface area (Å²) in [6, 6.07) is 10.2. The minimum Gasteiger partial charge on any atom is -0.326 e. The number of carbonyl (C=O) groups is 3. The molecular formula is C19H21N3O3S. The number of amides is 3. The third kappa shape index (κ3) is 3.94. The number of nitrogens with one attached hydrogen (secondary N) is 2. The minimum absolute atomic E-state index is 0.140. The molecule has 0 saturated carbocycles. The van der Waals surface area contributed by atoms with Crippen LogP contribution in [-0.2, 0) is 11.2 Å². The molecule has 1 atom stereocenters. The summed E-state index contributed by atoms with van der Waals surface area (Å²) in [7, 11) is 0. The van der Waals surface area contributed by atoms with Crippen molar-refractivity contribution in [3.8, 4) is 0 Å². The van der Waals surface area contributed by atoms with E-state index in [0.29, 0.717) is 23.4 Å². The molecule has 1 saturated heterocycles. The lowest BCUT2D eigenvalue weighted by atomic mass is 10.1. The number of thiophene rings is 1. The summed E-state index contributed by atoms with van der Waals surface area (Å²) in [5.74, 6) is -0.889. The first-order valence-electron chi connectivity index (χ1n) is 8.63. The topological polar surface area (TPSA) is 78.5 Å². The van der Waals surface area contributed by atoms with Gasteiger partial charge in [-0.05, 0) is 48.4 Å². The molecule has 1 fully saturated rings. The maximum atomic E-state index is 12.5. The van der Waals surface area contributed by atoms with Gasteiger partial charge in [-0.15, -0.1) is 11.3 Å². The molecule has 26 heavy (non-hydrogen) atoms. The van der Waals surface area contributed by atoms with E-state index in [0.717, 1.165) is 18.4 Å². The molecule has 1 aliphatic rings. The Hall–Kier alpha value is -2.67. The normalized spacial score (nSPS) is 16.3. The molecule has 7 heteroatoms. The Balaban J connectivity index is 1.58. The number of carbonyl (C=O) groups excluding carboxylic acids is 3. The van der Waals surface area contributed by atoms with Crippen molar-refractivity contribution in [1.29, 1.82) is 0 Å². The molecule has 0 bridgehead atoms. The number of rotatable bonds is 4. The summed E-state index contributed by atoms with van der Waals surface area (Å²) >= 11 is 1.36. The van der Waals surface area contributed by atoms with E-state index < -0.39 is 6.04 Å². The Morgan fingerprint density at radius 1 is 1.15 bits per heavy atom. The second kappa shape index (κ2) is 8.14. The van der Waals surface area contributed by atoms with Crippen LogP contribution in [0.2, 0.25) is 0 Å². The van der Waals surface area contributed by atoms with Crippen molar-refractivity contribution in [3.05, 3.63) is 57.8 Å². The highest BCUT2D eigenvalue weighted by molar-refractivity contribution is 7.12. The molecule has 1 aromatic carbocycles. The van der Waals surface area contributed by atoms with Gasteiger partial charge in [-0.3, -0.25) is 25.2 Å². The van der Waals surface area contributed by atoms with Crippen molar-refractivity contribution in [3.63, 3.8) is 0 Å². The van der Waals surface area contributed by atoms with Crippen molar-refractivity contribution < 1.29 is 14.4 Å². The van der Waals surface area contributed by atoms with E-state index in [4.69, 9.17) is 0 Å². The predicted octanol–water partition coefficient (Wildman–Crippen LogP) is 2.38. The standard InChI is InChI=1S/C19H21N3O3S/c1-2-13-7-9-14(10-8-13)17(23)20-21-18(24)15-5-3-11-22(15)19(25)16-6-4-12-26-16/h4,6-10,12,15H,2-3,5,11H2,1H3,(H,20,23)(H,21,24). The van der Waals surface area contributed by atoms with Crippen LogP contribution in [-0.4, -0.2) is 35.2 Å². The van der Waals surface area contributed by atoms with Gasteiger partial charge in [0.15, 0.2) is 0 Å². The van der Waals surface area contributed by atoms with E-state index in [2.05, 4.69) is 10.9 Å². The molecule has 3 rings (SSSR count). The largest absolute Gasteiger partial charge is 0.326 e.